The molecule has 1 atom stereocenters. The van der Waals surface area contributed by atoms with E-state index in [2.05, 4.69) is 15.3 Å². The van der Waals surface area contributed by atoms with Crippen molar-refractivity contribution in [2.24, 2.45) is 0 Å². The number of hydrogen-bond donors (Lipinski definition) is 0. The van der Waals surface area contributed by atoms with E-state index in [-0.39, 0.29) is 11.9 Å². The van der Waals surface area contributed by atoms with E-state index in [1.165, 1.54) is 11.3 Å². The highest BCUT2D eigenvalue weighted by atomic mass is 32.1. The van der Waals surface area contributed by atoms with Crippen molar-refractivity contribution < 1.29 is 4.79 Å². The average Bonchev–Trinajstić information content (AvgIpc) is 3.24. The number of likely N-dealkylation sites (tertiary alicyclic amines) is 1. The first kappa shape index (κ1) is 12.5. The second-order valence-electron chi connectivity index (χ2n) is 5.06. The van der Waals surface area contributed by atoms with Crippen molar-refractivity contribution in [1.82, 2.24) is 24.9 Å². The van der Waals surface area contributed by atoms with Gasteiger partial charge in [0.1, 0.15) is 0 Å². The summed E-state index contributed by atoms with van der Waals surface area (Å²) >= 11 is 1.45. The minimum Gasteiger partial charge on any atom is -0.334 e. The summed E-state index contributed by atoms with van der Waals surface area (Å²) in [6, 6.07) is 8.04. The third-order valence-corrected chi connectivity index (χ3v) is 4.77. The molecule has 6 nitrogen and oxygen atoms in total. The van der Waals surface area contributed by atoms with E-state index in [4.69, 9.17) is 0 Å². The highest BCUT2D eigenvalue weighted by Crippen LogP contribution is 2.26. The van der Waals surface area contributed by atoms with Crippen LogP contribution in [0.5, 0.6) is 0 Å². The first-order chi connectivity index (χ1) is 10.3. The smallest absolute Gasteiger partial charge is 0.282 e. The minimum atomic E-state index is 0.0128. The van der Waals surface area contributed by atoms with E-state index in [1.54, 1.807) is 6.20 Å². The summed E-state index contributed by atoms with van der Waals surface area (Å²) in [5.74, 6) is 0.0128. The molecule has 1 aromatic carbocycles. The maximum atomic E-state index is 12.6. The number of para-hydroxylation sites is 1. The lowest BCUT2D eigenvalue weighted by molar-refractivity contribution is 0.0787. The fourth-order valence-electron chi connectivity index (χ4n) is 2.65. The first-order valence-electron chi connectivity index (χ1n) is 6.82. The van der Waals surface area contributed by atoms with Gasteiger partial charge in [-0.15, -0.1) is 16.4 Å². The third-order valence-electron chi connectivity index (χ3n) is 3.74. The number of thiazole rings is 1. The third kappa shape index (κ3) is 2.19. The Labute approximate surface area is 125 Å². The van der Waals surface area contributed by atoms with Crippen LogP contribution in [0.4, 0.5) is 0 Å². The predicted molar refractivity (Wildman–Crippen MR) is 79.2 cm³/mol. The highest BCUT2D eigenvalue weighted by molar-refractivity contribution is 7.20. The van der Waals surface area contributed by atoms with Crippen molar-refractivity contribution in [3.05, 3.63) is 41.7 Å². The van der Waals surface area contributed by atoms with Gasteiger partial charge < -0.3 is 4.90 Å². The topological polar surface area (TPSA) is 63.9 Å². The van der Waals surface area contributed by atoms with Crippen molar-refractivity contribution in [1.29, 1.82) is 0 Å². The molecule has 1 saturated heterocycles. The number of hydrogen-bond acceptors (Lipinski definition) is 5. The molecular weight excluding hydrogens is 286 g/mol. The Balaban J connectivity index is 1.55. The van der Waals surface area contributed by atoms with E-state index < -0.39 is 0 Å². The molecule has 0 saturated carbocycles. The number of benzene rings is 1. The number of amides is 1. The van der Waals surface area contributed by atoms with Crippen LogP contribution in [0.25, 0.3) is 10.2 Å². The molecule has 21 heavy (non-hydrogen) atoms. The molecule has 0 N–H and O–H groups in total. The van der Waals surface area contributed by atoms with Gasteiger partial charge in [0.25, 0.3) is 5.91 Å². The highest BCUT2D eigenvalue weighted by Gasteiger charge is 2.29. The lowest BCUT2D eigenvalue weighted by Crippen LogP contribution is -2.29. The number of fused-ring (bicyclic) bond motifs is 1. The predicted octanol–water partition coefficient (Wildman–Crippen LogP) is 1.97. The number of carbonyl (C=O) groups excluding carboxylic acids is 1. The first-order valence-corrected chi connectivity index (χ1v) is 7.63. The van der Waals surface area contributed by atoms with Gasteiger partial charge >= 0.3 is 0 Å². The molecule has 0 bridgehead atoms. The van der Waals surface area contributed by atoms with Gasteiger partial charge in [0, 0.05) is 19.3 Å². The molecule has 0 spiro atoms. The molecule has 4 rings (SSSR count). The molecule has 1 aliphatic heterocycles. The van der Waals surface area contributed by atoms with Gasteiger partial charge in [-0.25, -0.2) is 9.67 Å². The summed E-state index contributed by atoms with van der Waals surface area (Å²) in [6.07, 6.45) is 4.41. The zero-order valence-corrected chi connectivity index (χ0v) is 12.0. The molecule has 0 radical (unpaired) electrons. The SMILES string of the molecule is O=C(c1nc2ccccc2s1)N1CC[C@@H](n2ccnn2)C1. The van der Waals surface area contributed by atoms with Crippen LogP contribution < -0.4 is 0 Å². The van der Waals surface area contributed by atoms with Crippen LogP contribution in [0.15, 0.2) is 36.7 Å². The van der Waals surface area contributed by atoms with Gasteiger partial charge in [0.2, 0.25) is 0 Å². The Bertz CT molecular complexity index is 749. The minimum absolute atomic E-state index is 0.0128. The number of carbonyl (C=O) groups is 1. The fourth-order valence-corrected chi connectivity index (χ4v) is 3.59. The van der Waals surface area contributed by atoms with E-state index in [0.29, 0.717) is 11.6 Å². The second kappa shape index (κ2) is 4.92. The van der Waals surface area contributed by atoms with E-state index in [0.717, 1.165) is 23.2 Å². The van der Waals surface area contributed by atoms with Crippen molar-refractivity contribution in [2.75, 3.05) is 13.1 Å². The lowest BCUT2D eigenvalue weighted by Gasteiger charge is -2.14. The Morgan fingerprint density at radius 3 is 3.05 bits per heavy atom. The number of nitrogens with zero attached hydrogens (tertiary/aromatic N) is 5. The Kier molecular flexibility index (Phi) is 2.92. The molecule has 3 heterocycles. The summed E-state index contributed by atoms with van der Waals surface area (Å²) < 4.78 is 2.87. The van der Waals surface area contributed by atoms with Gasteiger partial charge in [-0.1, -0.05) is 17.3 Å². The summed E-state index contributed by atoms with van der Waals surface area (Å²) in [5.41, 5.74) is 0.887. The van der Waals surface area contributed by atoms with Crippen LogP contribution in [0, 0.1) is 0 Å². The van der Waals surface area contributed by atoms with Gasteiger partial charge in [0.05, 0.1) is 22.5 Å². The summed E-state index contributed by atoms with van der Waals surface area (Å²) in [4.78, 5) is 18.8. The molecule has 0 unspecified atom stereocenters. The molecule has 7 heteroatoms. The molecule has 2 aromatic heterocycles. The normalized spacial score (nSPS) is 18.5. The quantitative estimate of drug-likeness (QED) is 0.726. The molecule has 1 fully saturated rings. The van der Waals surface area contributed by atoms with Crippen LogP contribution in [-0.4, -0.2) is 43.9 Å². The largest absolute Gasteiger partial charge is 0.334 e. The van der Waals surface area contributed by atoms with Crippen LogP contribution in [0.3, 0.4) is 0 Å². The molecule has 0 aliphatic carbocycles. The summed E-state index contributed by atoms with van der Waals surface area (Å²) in [7, 11) is 0. The zero-order chi connectivity index (χ0) is 14.2. The van der Waals surface area contributed by atoms with Crippen LogP contribution in [0.1, 0.15) is 22.3 Å². The Morgan fingerprint density at radius 2 is 2.24 bits per heavy atom. The Morgan fingerprint density at radius 1 is 1.33 bits per heavy atom. The molecule has 1 amide bonds. The van der Waals surface area contributed by atoms with Gasteiger partial charge in [0.15, 0.2) is 5.01 Å². The molecular formula is C14H13N5OS. The zero-order valence-electron chi connectivity index (χ0n) is 11.2. The summed E-state index contributed by atoms with van der Waals surface area (Å²) in [6.45, 7) is 1.40. The van der Waals surface area contributed by atoms with Gasteiger partial charge in [-0.2, -0.15) is 0 Å². The van der Waals surface area contributed by atoms with Crippen molar-refractivity contribution in [3.8, 4) is 0 Å². The number of rotatable bonds is 2. The second-order valence-corrected chi connectivity index (χ2v) is 6.09. The lowest BCUT2D eigenvalue weighted by atomic mass is 10.3. The van der Waals surface area contributed by atoms with E-state index in [9.17, 15) is 4.79 Å². The fraction of sp³-hybridized carbons (Fsp3) is 0.286. The van der Waals surface area contributed by atoms with Crippen LogP contribution in [-0.2, 0) is 0 Å². The van der Waals surface area contributed by atoms with E-state index in [1.807, 2.05) is 40.0 Å². The van der Waals surface area contributed by atoms with Crippen molar-refractivity contribution in [3.63, 3.8) is 0 Å². The van der Waals surface area contributed by atoms with Crippen LogP contribution >= 0.6 is 11.3 Å². The Hall–Kier alpha value is -2.28. The van der Waals surface area contributed by atoms with Crippen molar-refractivity contribution >= 4 is 27.5 Å². The maximum absolute atomic E-state index is 12.6. The monoisotopic (exact) mass is 299 g/mol. The summed E-state index contributed by atoms with van der Waals surface area (Å²) in [5, 5.41) is 8.40. The molecule has 3 aromatic rings. The molecule has 106 valence electrons. The van der Waals surface area contributed by atoms with Crippen molar-refractivity contribution in [2.45, 2.75) is 12.5 Å². The number of aromatic nitrogens is 4. The van der Waals surface area contributed by atoms with Crippen LogP contribution in [0.2, 0.25) is 0 Å². The van der Waals surface area contributed by atoms with E-state index >= 15 is 0 Å². The average molecular weight is 299 g/mol. The van der Waals surface area contributed by atoms with Gasteiger partial charge in [-0.05, 0) is 18.6 Å². The standard InChI is InChI=1S/C14H13N5OS/c20-14(13-16-11-3-1-2-4-12(11)21-13)18-7-5-10(9-18)19-8-6-15-17-19/h1-4,6,8,10H,5,7,9H2/t10-/m1/s1. The maximum Gasteiger partial charge on any atom is 0.282 e. The van der Waals surface area contributed by atoms with Gasteiger partial charge in [-0.3, -0.25) is 4.79 Å². The molecule has 1 aliphatic rings.